The fourth-order valence-electron chi connectivity index (χ4n) is 2.52. The summed E-state index contributed by atoms with van der Waals surface area (Å²) in [5.41, 5.74) is 7.48. The molecule has 0 unspecified atom stereocenters. The summed E-state index contributed by atoms with van der Waals surface area (Å²) < 4.78 is 16.3. The molecular weight excluding hydrogens is 242 g/mol. The van der Waals surface area contributed by atoms with E-state index in [1.54, 1.807) is 7.11 Å². The maximum Gasteiger partial charge on any atom is 0.161 e. The summed E-state index contributed by atoms with van der Waals surface area (Å²) in [5, 5.41) is 0. The molecule has 1 heterocycles. The molecular formula is C15H23NO3. The molecule has 19 heavy (non-hydrogen) atoms. The van der Waals surface area contributed by atoms with Crippen molar-refractivity contribution in [3.63, 3.8) is 0 Å². The highest BCUT2D eigenvalue weighted by Gasteiger charge is 2.23. The van der Waals surface area contributed by atoms with Gasteiger partial charge < -0.3 is 19.9 Å². The van der Waals surface area contributed by atoms with Crippen LogP contribution in [0, 0.1) is 5.92 Å². The third-order valence-corrected chi connectivity index (χ3v) is 3.65. The summed E-state index contributed by atoms with van der Waals surface area (Å²) in [6, 6.07) is 6.00. The highest BCUT2D eigenvalue weighted by atomic mass is 16.5. The smallest absolute Gasteiger partial charge is 0.161 e. The van der Waals surface area contributed by atoms with Gasteiger partial charge in [-0.1, -0.05) is 6.07 Å². The molecule has 1 aliphatic rings. The molecule has 106 valence electrons. The Morgan fingerprint density at radius 2 is 2.05 bits per heavy atom. The molecule has 1 saturated heterocycles. The Morgan fingerprint density at radius 1 is 1.32 bits per heavy atom. The van der Waals surface area contributed by atoms with E-state index in [0.717, 1.165) is 43.1 Å². The van der Waals surface area contributed by atoms with Crippen molar-refractivity contribution in [3.05, 3.63) is 23.8 Å². The summed E-state index contributed by atoms with van der Waals surface area (Å²) in [4.78, 5) is 0. The van der Waals surface area contributed by atoms with Crippen LogP contribution in [0.2, 0.25) is 0 Å². The predicted molar refractivity (Wildman–Crippen MR) is 74.6 cm³/mol. The van der Waals surface area contributed by atoms with Gasteiger partial charge in [-0.25, -0.2) is 0 Å². The van der Waals surface area contributed by atoms with E-state index in [4.69, 9.17) is 19.9 Å². The van der Waals surface area contributed by atoms with E-state index in [-0.39, 0.29) is 6.04 Å². The van der Waals surface area contributed by atoms with E-state index in [0.29, 0.717) is 12.5 Å². The first kappa shape index (κ1) is 14.2. The third-order valence-electron chi connectivity index (χ3n) is 3.65. The monoisotopic (exact) mass is 265 g/mol. The molecule has 1 fully saturated rings. The molecule has 1 atom stereocenters. The molecule has 1 aromatic carbocycles. The molecule has 0 saturated carbocycles. The molecule has 0 spiro atoms. The minimum absolute atomic E-state index is 0.0361. The van der Waals surface area contributed by atoms with Crippen molar-refractivity contribution in [2.45, 2.75) is 25.8 Å². The standard InChI is InChI=1S/C15H23NO3/c1-3-19-14-10-12(4-5-13(14)17-2)15(16)11-6-8-18-9-7-11/h4-5,10-11,15H,3,6-9,16H2,1-2H3/t15-/m1/s1. The van der Waals surface area contributed by atoms with Crippen LogP contribution in [-0.2, 0) is 4.74 Å². The van der Waals surface area contributed by atoms with Crippen LogP contribution in [0.3, 0.4) is 0 Å². The number of nitrogens with two attached hydrogens (primary N) is 1. The molecule has 0 aliphatic carbocycles. The van der Waals surface area contributed by atoms with Crippen molar-refractivity contribution >= 4 is 0 Å². The van der Waals surface area contributed by atoms with Gasteiger partial charge >= 0.3 is 0 Å². The van der Waals surface area contributed by atoms with Crippen molar-refractivity contribution in [2.75, 3.05) is 26.9 Å². The van der Waals surface area contributed by atoms with E-state index in [1.165, 1.54) is 0 Å². The topological polar surface area (TPSA) is 53.7 Å². The zero-order chi connectivity index (χ0) is 13.7. The molecule has 0 radical (unpaired) electrons. The summed E-state index contributed by atoms with van der Waals surface area (Å²) in [7, 11) is 1.65. The SMILES string of the molecule is CCOc1cc([C@H](N)C2CCOCC2)ccc1OC. The lowest BCUT2D eigenvalue weighted by atomic mass is 9.87. The number of rotatable bonds is 5. The molecule has 4 heteroatoms. The molecule has 1 aliphatic heterocycles. The van der Waals surface area contributed by atoms with Crippen LogP contribution >= 0.6 is 0 Å². The fraction of sp³-hybridized carbons (Fsp3) is 0.600. The lowest BCUT2D eigenvalue weighted by Gasteiger charge is -2.28. The number of benzene rings is 1. The normalized spacial score (nSPS) is 18.1. The number of hydrogen-bond donors (Lipinski definition) is 1. The average Bonchev–Trinajstić information content (AvgIpc) is 2.47. The highest BCUT2D eigenvalue weighted by Crippen LogP contribution is 2.34. The van der Waals surface area contributed by atoms with Gasteiger partial charge in [0.2, 0.25) is 0 Å². The van der Waals surface area contributed by atoms with Gasteiger partial charge in [0.1, 0.15) is 0 Å². The number of hydrogen-bond acceptors (Lipinski definition) is 4. The quantitative estimate of drug-likeness (QED) is 0.889. The van der Waals surface area contributed by atoms with Crippen LogP contribution in [0.15, 0.2) is 18.2 Å². The lowest BCUT2D eigenvalue weighted by molar-refractivity contribution is 0.0583. The molecule has 0 bridgehead atoms. The fourth-order valence-corrected chi connectivity index (χ4v) is 2.52. The summed E-state index contributed by atoms with van der Waals surface area (Å²) in [6.45, 7) is 4.20. The van der Waals surface area contributed by atoms with Crippen molar-refractivity contribution in [1.82, 2.24) is 0 Å². The Balaban J connectivity index is 2.16. The summed E-state index contributed by atoms with van der Waals surface area (Å²) in [6.07, 6.45) is 2.05. The van der Waals surface area contributed by atoms with Gasteiger partial charge in [0.25, 0.3) is 0 Å². The van der Waals surface area contributed by atoms with Crippen molar-refractivity contribution in [3.8, 4) is 11.5 Å². The van der Waals surface area contributed by atoms with Gasteiger partial charge in [-0.05, 0) is 43.4 Å². The van der Waals surface area contributed by atoms with Gasteiger partial charge in [-0.3, -0.25) is 0 Å². The number of methoxy groups -OCH3 is 1. The minimum Gasteiger partial charge on any atom is -0.493 e. The zero-order valence-electron chi connectivity index (χ0n) is 11.7. The minimum atomic E-state index is 0.0361. The third kappa shape index (κ3) is 3.39. The Labute approximate surface area is 114 Å². The lowest BCUT2D eigenvalue weighted by Crippen LogP contribution is -2.27. The first-order chi connectivity index (χ1) is 9.26. The van der Waals surface area contributed by atoms with Crippen LogP contribution < -0.4 is 15.2 Å². The maximum atomic E-state index is 6.37. The van der Waals surface area contributed by atoms with Gasteiger partial charge in [0.05, 0.1) is 13.7 Å². The van der Waals surface area contributed by atoms with Gasteiger partial charge in [-0.15, -0.1) is 0 Å². The van der Waals surface area contributed by atoms with Gasteiger partial charge in [0.15, 0.2) is 11.5 Å². The van der Waals surface area contributed by atoms with Crippen LogP contribution in [0.5, 0.6) is 11.5 Å². The molecule has 2 rings (SSSR count). The van der Waals surface area contributed by atoms with Crippen LogP contribution in [0.1, 0.15) is 31.4 Å². The second-order valence-electron chi connectivity index (χ2n) is 4.82. The Bertz CT molecular complexity index is 402. The van der Waals surface area contributed by atoms with Crippen LogP contribution in [0.25, 0.3) is 0 Å². The van der Waals surface area contributed by atoms with E-state index < -0.39 is 0 Å². The molecule has 2 N–H and O–H groups in total. The summed E-state index contributed by atoms with van der Waals surface area (Å²) >= 11 is 0. The maximum absolute atomic E-state index is 6.37. The number of ether oxygens (including phenoxy) is 3. The molecule has 0 amide bonds. The van der Waals surface area contributed by atoms with Crippen LogP contribution in [-0.4, -0.2) is 26.9 Å². The first-order valence-corrected chi connectivity index (χ1v) is 6.90. The highest BCUT2D eigenvalue weighted by molar-refractivity contribution is 5.44. The Hall–Kier alpha value is -1.26. The van der Waals surface area contributed by atoms with E-state index in [9.17, 15) is 0 Å². The largest absolute Gasteiger partial charge is 0.493 e. The molecule has 1 aromatic rings. The van der Waals surface area contributed by atoms with Gasteiger partial charge in [-0.2, -0.15) is 0 Å². The van der Waals surface area contributed by atoms with Gasteiger partial charge in [0, 0.05) is 19.3 Å². The second kappa shape index (κ2) is 6.78. The second-order valence-corrected chi connectivity index (χ2v) is 4.82. The van der Waals surface area contributed by atoms with E-state index in [2.05, 4.69) is 0 Å². The Kier molecular flexibility index (Phi) is 5.05. The summed E-state index contributed by atoms with van der Waals surface area (Å²) in [5.74, 6) is 2.01. The Morgan fingerprint density at radius 3 is 2.68 bits per heavy atom. The average molecular weight is 265 g/mol. The molecule has 0 aromatic heterocycles. The van der Waals surface area contributed by atoms with E-state index in [1.807, 2.05) is 25.1 Å². The zero-order valence-corrected chi connectivity index (χ0v) is 11.7. The van der Waals surface area contributed by atoms with Crippen molar-refractivity contribution in [1.29, 1.82) is 0 Å². The predicted octanol–water partition coefficient (Wildman–Crippen LogP) is 2.52. The first-order valence-electron chi connectivity index (χ1n) is 6.90. The van der Waals surface area contributed by atoms with Crippen molar-refractivity contribution in [2.24, 2.45) is 11.7 Å². The molecule has 4 nitrogen and oxygen atoms in total. The van der Waals surface area contributed by atoms with E-state index >= 15 is 0 Å². The van der Waals surface area contributed by atoms with Crippen molar-refractivity contribution < 1.29 is 14.2 Å². The van der Waals surface area contributed by atoms with Crippen LogP contribution in [0.4, 0.5) is 0 Å².